The molecule has 0 atom stereocenters. The smallest absolute Gasteiger partial charge is 0.257 e. The summed E-state index contributed by atoms with van der Waals surface area (Å²) < 4.78 is 13.2. The molecule has 0 saturated heterocycles. The molecule has 2 aromatic carbocycles. The van der Waals surface area contributed by atoms with Gasteiger partial charge in [-0.3, -0.25) is 10.1 Å². The predicted octanol–water partition coefficient (Wildman–Crippen LogP) is 4.82. The summed E-state index contributed by atoms with van der Waals surface area (Å²) in [5.41, 5.74) is 4.47. The summed E-state index contributed by atoms with van der Waals surface area (Å²) in [6.07, 6.45) is 0. The fraction of sp³-hybridized carbons (Fsp3) is 0.111. The number of carbonyl (C=O) groups is 1. The molecule has 23 heavy (non-hydrogen) atoms. The molecule has 3 nitrogen and oxygen atoms in total. The number of rotatable bonds is 3. The molecule has 3 aromatic rings. The van der Waals surface area contributed by atoms with E-state index in [-0.39, 0.29) is 11.5 Å². The van der Waals surface area contributed by atoms with Crippen molar-refractivity contribution >= 4 is 22.4 Å². The standard InChI is InChI=1S/C18H15FN2OS/c1-11-6-7-15(12(2)8-11)16-10-23-18(20-16)21-17(22)13-4-3-5-14(19)9-13/h3-10H,1-2H3,(H,20,21,22). The second kappa shape index (κ2) is 6.30. The molecule has 0 aliphatic heterocycles. The van der Waals surface area contributed by atoms with Crippen LogP contribution in [0.1, 0.15) is 21.5 Å². The number of halogens is 1. The van der Waals surface area contributed by atoms with Gasteiger partial charge in [0.25, 0.3) is 5.91 Å². The van der Waals surface area contributed by atoms with E-state index in [0.29, 0.717) is 5.13 Å². The topological polar surface area (TPSA) is 42.0 Å². The van der Waals surface area contributed by atoms with Gasteiger partial charge in [-0.25, -0.2) is 9.37 Å². The summed E-state index contributed by atoms with van der Waals surface area (Å²) in [5, 5.41) is 5.10. The van der Waals surface area contributed by atoms with Crippen LogP contribution in [0.2, 0.25) is 0 Å². The number of thiazole rings is 1. The molecule has 0 aliphatic carbocycles. The van der Waals surface area contributed by atoms with Crippen LogP contribution in [0.3, 0.4) is 0 Å². The molecule has 0 unspecified atom stereocenters. The highest BCUT2D eigenvalue weighted by molar-refractivity contribution is 7.14. The first-order chi connectivity index (χ1) is 11.0. The van der Waals surface area contributed by atoms with E-state index in [4.69, 9.17) is 0 Å². The van der Waals surface area contributed by atoms with E-state index in [2.05, 4.69) is 16.4 Å². The number of aromatic nitrogens is 1. The van der Waals surface area contributed by atoms with Gasteiger partial charge >= 0.3 is 0 Å². The number of hydrogen-bond donors (Lipinski definition) is 1. The average Bonchev–Trinajstić information content (AvgIpc) is 2.95. The molecule has 0 spiro atoms. The molecule has 1 aromatic heterocycles. The first-order valence-corrected chi connectivity index (χ1v) is 8.01. The van der Waals surface area contributed by atoms with Crippen molar-refractivity contribution in [3.8, 4) is 11.3 Å². The van der Waals surface area contributed by atoms with E-state index in [9.17, 15) is 9.18 Å². The summed E-state index contributed by atoms with van der Waals surface area (Å²) in [5.74, 6) is -0.807. The number of amides is 1. The average molecular weight is 326 g/mol. The molecular weight excluding hydrogens is 311 g/mol. The van der Waals surface area contributed by atoms with Gasteiger partial charge in [0.05, 0.1) is 5.69 Å². The Hall–Kier alpha value is -2.53. The van der Waals surface area contributed by atoms with Crippen molar-refractivity contribution in [3.63, 3.8) is 0 Å². The van der Waals surface area contributed by atoms with E-state index >= 15 is 0 Å². The lowest BCUT2D eigenvalue weighted by Crippen LogP contribution is -2.11. The van der Waals surface area contributed by atoms with Gasteiger partial charge in [0, 0.05) is 16.5 Å². The van der Waals surface area contributed by atoms with E-state index < -0.39 is 5.82 Å². The molecule has 0 fully saturated rings. The van der Waals surface area contributed by atoms with Crippen LogP contribution < -0.4 is 5.32 Å². The zero-order valence-corrected chi connectivity index (χ0v) is 13.6. The van der Waals surface area contributed by atoms with Gasteiger partial charge in [-0.2, -0.15) is 0 Å². The van der Waals surface area contributed by atoms with Crippen LogP contribution >= 0.6 is 11.3 Å². The molecule has 116 valence electrons. The highest BCUT2D eigenvalue weighted by atomic mass is 32.1. The van der Waals surface area contributed by atoms with Crippen molar-refractivity contribution in [1.29, 1.82) is 0 Å². The quantitative estimate of drug-likeness (QED) is 0.750. The summed E-state index contributed by atoms with van der Waals surface area (Å²) in [7, 11) is 0. The lowest BCUT2D eigenvalue weighted by molar-refractivity contribution is 0.102. The van der Waals surface area contributed by atoms with Gasteiger partial charge in [-0.15, -0.1) is 11.3 Å². The first-order valence-electron chi connectivity index (χ1n) is 7.13. The van der Waals surface area contributed by atoms with Crippen LogP contribution in [0.5, 0.6) is 0 Å². The van der Waals surface area contributed by atoms with Gasteiger partial charge in [-0.05, 0) is 37.6 Å². The molecule has 1 amide bonds. The fourth-order valence-electron chi connectivity index (χ4n) is 2.35. The summed E-state index contributed by atoms with van der Waals surface area (Å²) in [4.78, 5) is 16.6. The summed E-state index contributed by atoms with van der Waals surface area (Å²) >= 11 is 1.35. The Morgan fingerprint density at radius 3 is 2.74 bits per heavy atom. The van der Waals surface area contributed by atoms with Gasteiger partial charge in [-0.1, -0.05) is 29.8 Å². The van der Waals surface area contributed by atoms with Crippen LogP contribution in [0.4, 0.5) is 9.52 Å². The molecule has 3 rings (SSSR count). The van der Waals surface area contributed by atoms with Crippen LogP contribution in [-0.4, -0.2) is 10.9 Å². The molecule has 0 bridgehead atoms. The van der Waals surface area contributed by atoms with Crippen molar-refractivity contribution in [2.24, 2.45) is 0 Å². The second-order valence-corrected chi connectivity index (χ2v) is 6.18. The highest BCUT2D eigenvalue weighted by Gasteiger charge is 2.11. The minimum Gasteiger partial charge on any atom is -0.298 e. The lowest BCUT2D eigenvalue weighted by Gasteiger charge is -2.04. The van der Waals surface area contributed by atoms with Crippen molar-refractivity contribution in [1.82, 2.24) is 4.98 Å². The lowest BCUT2D eigenvalue weighted by atomic mass is 10.0. The maximum atomic E-state index is 13.2. The third-order valence-electron chi connectivity index (χ3n) is 3.47. The maximum absolute atomic E-state index is 13.2. The van der Waals surface area contributed by atoms with Gasteiger partial charge in [0.2, 0.25) is 0 Å². The molecule has 0 radical (unpaired) electrons. The van der Waals surface area contributed by atoms with Crippen molar-refractivity contribution in [2.45, 2.75) is 13.8 Å². The van der Waals surface area contributed by atoms with E-state index in [0.717, 1.165) is 16.8 Å². The van der Waals surface area contributed by atoms with Crippen LogP contribution in [0.15, 0.2) is 47.8 Å². The third kappa shape index (κ3) is 3.46. The zero-order chi connectivity index (χ0) is 16.4. The van der Waals surface area contributed by atoms with E-state index in [1.165, 1.54) is 35.1 Å². The van der Waals surface area contributed by atoms with Crippen molar-refractivity contribution < 1.29 is 9.18 Å². The van der Waals surface area contributed by atoms with Crippen LogP contribution in [0, 0.1) is 19.7 Å². The Morgan fingerprint density at radius 1 is 1.17 bits per heavy atom. The van der Waals surface area contributed by atoms with Crippen molar-refractivity contribution in [3.05, 3.63) is 70.4 Å². The largest absolute Gasteiger partial charge is 0.298 e. The summed E-state index contributed by atoms with van der Waals surface area (Å²) in [6.45, 7) is 4.08. The molecule has 1 heterocycles. The number of hydrogen-bond acceptors (Lipinski definition) is 3. The molecule has 0 aliphatic rings. The Labute approximate surface area is 137 Å². The Kier molecular flexibility index (Phi) is 4.21. The monoisotopic (exact) mass is 326 g/mol. The van der Waals surface area contributed by atoms with Gasteiger partial charge in [0.15, 0.2) is 5.13 Å². The molecule has 5 heteroatoms. The fourth-order valence-corrected chi connectivity index (χ4v) is 3.06. The maximum Gasteiger partial charge on any atom is 0.257 e. The number of nitrogens with one attached hydrogen (secondary N) is 1. The van der Waals surface area contributed by atoms with Gasteiger partial charge < -0.3 is 0 Å². The zero-order valence-electron chi connectivity index (χ0n) is 12.8. The molecular formula is C18H15FN2OS. The number of aryl methyl sites for hydroxylation is 2. The Bertz CT molecular complexity index is 873. The SMILES string of the molecule is Cc1ccc(-c2csc(NC(=O)c3cccc(F)c3)n2)c(C)c1. The summed E-state index contributed by atoms with van der Waals surface area (Å²) in [6, 6.07) is 11.7. The number of nitrogens with zero attached hydrogens (tertiary/aromatic N) is 1. The third-order valence-corrected chi connectivity index (χ3v) is 4.23. The minimum absolute atomic E-state index is 0.272. The number of carbonyl (C=O) groups excluding carboxylic acids is 1. The van der Waals surface area contributed by atoms with Crippen molar-refractivity contribution in [2.75, 3.05) is 5.32 Å². The van der Waals surface area contributed by atoms with E-state index in [1.807, 2.05) is 31.4 Å². The Balaban J connectivity index is 1.81. The first kappa shape index (κ1) is 15.4. The Morgan fingerprint density at radius 2 is 2.00 bits per heavy atom. The predicted molar refractivity (Wildman–Crippen MR) is 91.4 cm³/mol. The number of benzene rings is 2. The molecule has 1 N–H and O–H groups in total. The molecule has 0 saturated carbocycles. The number of anilines is 1. The van der Waals surface area contributed by atoms with Crippen LogP contribution in [0.25, 0.3) is 11.3 Å². The normalized spacial score (nSPS) is 10.6. The van der Waals surface area contributed by atoms with Gasteiger partial charge in [0.1, 0.15) is 5.82 Å². The second-order valence-electron chi connectivity index (χ2n) is 5.32. The van der Waals surface area contributed by atoms with Crippen LogP contribution in [-0.2, 0) is 0 Å². The highest BCUT2D eigenvalue weighted by Crippen LogP contribution is 2.28. The van der Waals surface area contributed by atoms with E-state index in [1.54, 1.807) is 6.07 Å². The minimum atomic E-state index is -0.437.